The first kappa shape index (κ1) is 14.3. The topological polar surface area (TPSA) is 51.5 Å². The Kier molecular flexibility index (Phi) is 4.45. The van der Waals surface area contributed by atoms with Gasteiger partial charge in [-0.25, -0.2) is 0 Å². The first-order valence-corrected chi connectivity index (χ1v) is 7.34. The van der Waals surface area contributed by atoms with Crippen LogP contribution >= 0.6 is 0 Å². The second-order valence-electron chi connectivity index (χ2n) is 5.10. The van der Waals surface area contributed by atoms with E-state index in [4.69, 9.17) is 14.2 Å². The van der Waals surface area contributed by atoms with Gasteiger partial charge in [-0.15, -0.1) is 0 Å². The maximum Gasteiger partial charge on any atom is 0.231 e. The largest absolute Gasteiger partial charge is 0.494 e. The van der Waals surface area contributed by atoms with Gasteiger partial charge in [0.25, 0.3) is 0 Å². The summed E-state index contributed by atoms with van der Waals surface area (Å²) in [6.07, 6.45) is 1.57. The molecule has 0 fully saturated rings. The Morgan fingerprint density at radius 3 is 2.73 bits per heavy atom. The highest BCUT2D eigenvalue weighted by Gasteiger charge is 2.17. The van der Waals surface area contributed by atoms with Crippen LogP contribution in [0.15, 0.2) is 48.5 Å². The molecular weight excluding hydrogens is 278 g/mol. The summed E-state index contributed by atoms with van der Waals surface area (Å²) in [5.74, 6) is 2.17. The van der Waals surface area contributed by atoms with Gasteiger partial charge >= 0.3 is 0 Å². The SMILES string of the molecule is N#CC(CCCOc1ccccc1)c1ccc2c(c1)OCO2. The molecule has 112 valence electrons. The smallest absolute Gasteiger partial charge is 0.231 e. The number of nitriles is 1. The highest BCUT2D eigenvalue weighted by Crippen LogP contribution is 2.35. The fourth-order valence-corrected chi connectivity index (χ4v) is 2.43. The number of fused-ring (bicyclic) bond motifs is 1. The fraction of sp³-hybridized carbons (Fsp3) is 0.278. The van der Waals surface area contributed by atoms with Crippen molar-refractivity contribution in [2.45, 2.75) is 18.8 Å². The van der Waals surface area contributed by atoms with Crippen LogP contribution in [0.4, 0.5) is 0 Å². The van der Waals surface area contributed by atoms with Crippen molar-refractivity contribution in [3.05, 3.63) is 54.1 Å². The summed E-state index contributed by atoms with van der Waals surface area (Å²) in [4.78, 5) is 0. The Morgan fingerprint density at radius 2 is 1.91 bits per heavy atom. The van der Waals surface area contributed by atoms with Crippen LogP contribution in [-0.2, 0) is 0 Å². The molecule has 0 saturated heterocycles. The van der Waals surface area contributed by atoms with Gasteiger partial charge in [-0.05, 0) is 42.7 Å². The van der Waals surface area contributed by atoms with Gasteiger partial charge in [0.15, 0.2) is 11.5 Å². The van der Waals surface area contributed by atoms with Crippen molar-refractivity contribution in [2.75, 3.05) is 13.4 Å². The maximum absolute atomic E-state index is 9.38. The number of hydrogen-bond donors (Lipinski definition) is 0. The molecule has 4 nitrogen and oxygen atoms in total. The molecule has 0 radical (unpaired) electrons. The van der Waals surface area contributed by atoms with Crippen molar-refractivity contribution in [2.24, 2.45) is 0 Å². The van der Waals surface area contributed by atoms with Crippen LogP contribution < -0.4 is 14.2 Å². The summed E-state index contributed by atoms with van der Waals surface area (Å²) in [5, 5.41) is 9.38. The van der Waals surface area contributed by atoms with Crippen molar-refractivity contribution in [1.82, 2.24) is 0 Å². The molecule has 2 aromatic carbocycles. The lowest BCUT2D eigenvalue weighted by Crippen LogP contribution is -2.02. The van der Waals surface area contributed by atoms with Gasteiger partial charge in [-0.2, -0.15) is 5.26 Å². The summed E-state index contributed by atoms with van der Waals surface area (Å²) in [6.45, 7) is 0.855. The molecule has 22 heavy (non-hydrogen) atoms. The van der Waals surface area contributed by atoms with E-state index < -0.39 is 0 Å². The second kappa shape index (κ2) is 6.86. The summed E-state index contributed by atoms with van der Waals surface area (Å²) in [7, 11) is 0. The van der Waals surface area contributed by atoms with E-state index in [0.717, 1.165) is 35.7 Å². The van der Waals surface area contributed by atoms with Crippen LogP contribution in [0.1, 0.15) is 24.3 Å². The molecule has 0 saturated carbocycles. The molecule has 3 rings (SSSR count). The van der Waals surface area contributed by atoms with Gasteiger partial charge in [-0.1, -0.05) is 24.3 Å². The molecule has 0 bridgehead atoms. The van der Waals surface area contributed by atoms with E-state index in [-0.39, 0.29) is 12.7 Å². The molecule has 1 unspecified atom stereocenters. The molecule has 0 N–H and O–H groups in total. The first-order valence-electron chi connectivity index (χ1n) is 7.34. The molecular formula is C18H17NO3. The fourth-order valence-electron chi connectivity index (χ4n) is 2.43. The Hall–Kier alpha value is -2.67. The Labute approximate surface area is 129 Å². The van der Waals surface area contributed by atoms with Crippen molar-refractivity contribution >= 4 is 0 Å². The highest BCUT2D eigenvalue weighted by atomic mass is 16.7. The van der Waals surface area contributed by atoms with Crippen LogP contribution in [0.5, 0.6) is 17.2 Å². The normalized spacial score (nSPS) is 13.4. The molecule has 2 aromatic rings. The lowest BCUT2D eigenvalue weighted by Gasteiger charge is -2.11. The van der Waals surface area contributed by atoms with Gasteiger partial charge in [0.1, 0.15) is 5.75 Å². The minimum Gasteiger partial charge on any atom is -0.494 e. The standard InChI is InChI=1S/C18H17NO3/c19-12-15(5-4-10-20-16-6-2-1-3-7-16)14-8-9-17-18(11-14)22-13-21-17/h1-3,6-9,11,15H,4-5,10,13H2. The monoisotopic (exact) mass is 295 g/mol. The minimum atomic E-state index is -0.158. The Bertz CT molecular complexity index is 664. The molecule has 1 aliphatic heterocycles. The van der Waals surface area contributed by atoms with Crippen molar-refractivity contribution in [1.29, 1.82) is 5.26 Å². The lowest BCUT2D eigenvalue weighted by atomic mass is 9.95. The summed E-state index contributed by atoms with van der Waals surface area (Å²) in [6, 6.07) is 17.8. The van der Waals surface area contributed by atoms with E-state index in [1.54, 1.807) is 0 Å². The maximum atomic E-state index is 9.38. The number of para-hydroxylation sites is 1. The molecule has 0 amide bonds. The summed E-state index contributed by atoms with van der Waals surface area (Å²) < 4.78 is 16.3. The van der Waals surface area contributed by atoms with E-state index in [2.05, 4.69) is 6.07 Å². The van der Waals surface area contributed by atoms with Gasteiger partial charge < -0.3 is 14.2 Å². The molecule has 0 aliphatic carbocycles. The Balaban J connectivity index is 1.53. The third kappa shape index (κ3) is 3.32. The molecule has 1 heterocycles. The summed E-state index contributed by atoms with van der Waals surface area (Å²) in [5.41, 5.74) is 0.964. The number of hydrogen-bond acceptors (Lipinski definition) is 4. The molecule has 0 aromatic heterocycles. The Morgan fingerprint density at radius 1 is 1.09 bits per heavy atom. The van der Waals surface area contributed by atoms with E-state index in [1.807, 2.05) is 48.5 Å². The van der Waals surface area contributed by atoms with Crippen LogP contribution in [0.3, 0.4) is 0 Å². The lowest BCUT2D eigenvalue weighted by molar-refractivity contribution is 0.174. The predicted octanol–water partition coefficient (Wildman–Crippen LogP) is 3.88. The average Bonchev–Trinajstić information content (AvgIpc) is 3.03. The zero-order valence-electron chi connectivity index (χ0n) is 12.2. The number of benzene rings is 2. The van der Waals surface area contributed by atoms with Gasteiger partial charge in [0.05, 0.1) is 18.6 Å². The molecule has 4 heteroatoms. The molecule has 0 spiro atoms. The van der Waals surface area contributed by atoms with Crippen LogP contribution in [-0.4, -0.2) is 13.4 Å². The highest BCUT2D eigenvalue weighted by molar-refractivity contribution is 5.46. The van der Waals surface area contributed by atoms with Crippen LogP contribution in [0.25, 0.3) is 0 Å². The van der Waals surface area contributed by atoms with Crippen molar-refractivity contribution in [3.8, 4) is 23.3 Å². The quantitative estimate of drug-likeness (QED) is 0.759. The predicted molar refractivity (Wildman–Crippen MR) is 82.1 cm³/mol. The third-order valence-corrected chi connectivity index (χ3v) is 3.60. The third-order valence-electron chi connectivity index (χ3n) is 3.60. The van der Waals surface area contributed by atoms with Crippen molar-refractivity contribution in [3.63, 3.8) is 0 Å². The zero-order chi connectivity index (χ0) is 15.2. The number of rotatable bonds is 6. The minimum absolute atomic E-state index is 0.158. The van der Waals surface area contributed by atoms with E-state index in [9.17, 15) is 5.26 Å². The van der Waals surface area contributed by atoms with Crippen LogP contribution in [0, 0.1) is 11.3 Å². The molecule has 1 atom stereocenters. The second-order valence-corrected chi connectivity index (χ2v) is 5.10. The average molecular weight is 295 g/mol. The van der Waals surface area contributed by atoms with E-state index in [1.165, 1.54) is 0 Å². The van der Waals surface area contributed by atoms with Crippen LogP contribution in [0.2, 0.25) is 0 Å². The van der Waals surface area contributed by atoms with Crippen molar-refractivity contribution < 1.29 is 14.2 Å². The van der Waals surface area contributed by atoms with Gasteiger partial charge in [0.2, 0.25) is 6.79 Å². The summed E-state index contributed by atoms with van der Waals surface area (Å²) >= 11 is 0. The first-order chi connectivity index (χ1) is 10.9. The molecule has 1 aliphatic rings. The van der Waals surface area contributed by atoms with Gasteiger partial charge in [0, 0.05) is 0 Å². The van der Waals surface area contributed by atoms with Gasteiger partial charge in [-0.3, -0.25) is 0 Å². The number of nitrogens with zero attached hydrogens (tertiary/aromatic N) is 1. The zero-order valence-corrected chi connectivity index (χ0v) is 12.2. The van der Waals surface area contributed by atoms with E-state index in [0.29, 0.717) is 6.61 Å². The number of ether oxygens (including phenoxy) is 3. The van der Waals surface area contributed by atoms with E-state index >= 15 is 0 Å².